The van der Waals surface area contributed by atoms with Gasteiger partial charge in [0, 0.05) is 6.61 Å². The molecule has 142 valence electrons. The van der Waals surface area contributed by atoms with Crippen molar-refractivity contribution in [2.75, 3.05) is 6.61 Å². The first-order valence-electron chi connectivity index (χ1n) is 9.25. The summed E-state index contributed by atoms with van der Waals surface area (Å²) in [6.07, 6.45) is -0.0626. The van der Waals surface area contributed by atoms with E-state index in [4.69, 9.17) is 4.43 Å². The molecule has 2 N–H and O–H groups in total. The van der Waals surface area contributed by atoms with Crippen molar-refractivity contribution < 1.29 is 14.6 Å². The Morgan fingerprint density at radius 2 is 1.27 bits per heavy atom. The Morgan fingerprint density at radius 1 is 0.846 bits per heavy atom. The summed E-state index contributed by atoms with van der Waals surface area (Å²) in [5, 5.41) is 22.5. The quantitative estimate of drug-likeness (QED) is 0.735. The normalized spacial score (nSPS) is 14.3. The van der Waals surface area contributed by atoms with E-state index in [9.17, 15) is 10.2 Å². The lowest BCUT2D eigenvalue weighted by Gasteiger charge is -2.47. The van der Waals surface area contributed by atoms with E-state index in [1.54, 1.807) is 13.8 Å². The number of hydrogen-bond donors (Lipinski definition) is 2. The Hall–Kier alpha value is -1.46. The Bertz CT molecular complexity index is 633. The second-order valence-electron chi connectivity index (χ2n) is 8.44. The van der Waals surface area contributed by atoms with Gasteiger partial charge in [0.25, 0.3) is 8.32 Å². The maximum Gasteiger partial charge on any atom is 0.261 e. The smallest absolute Gasteiger partial charge is 0.261 e. The fourth-order valence-electron chi connectivity index (χ4n) is 3.58. The highest BCUT2D eigenvalue weighted by molar-refractivity contribution is 6.99. The maximum atomic E-state index is 10.7. The molecule has 0 aromatic heterocycles. The molecule has 0 radical (unpaired) electrons. The molecular weight excluding hydrogens is 340 g/mol. The zero-order chi connectivity index (χ0) is 19.4. The molecule has 0 heterocycles. The minimum atomic E-state index is -2.73. The van der Waals surface area contributed by atoms with E-state index < -0.39 is 20.0 Å². The van der Waals surface area contributed by atoms with Gasteiger partial charge in [-0.15, -0.1) is 0 Å². The summed E-state index contributed by atoms with van der Waals surface area (Å²) in [5.74, 6) is 0. The van der Waals surface area contributed by atoms with Crippen LogP contribution >= 0.6 is 0 Å². The van der Waals surface area contributed by atoms with Crippen molar-refractivity contribution in [1.82, 2.24) is 0 Å². The first-order valence-corrected chi connectivity index (χ1v) is 11.2. The van der Waals surface area contributed by atoms with Gasteiger partial charge in [-0.25, -0.2) is 0 Å². The van der Waals surface area contributed by atoms with Gasteiger partial charge in [-0.2, -0.15) is 0 Å². The second kappa shape index (κ2) is 8.05. The Kier molecular flexibility index (Phi) is 6.45. The molecule has 1 atom stereocenters. The fraction of sp³-hybridized carbons (Fsp3) is 0.455. The van der Waals surface area contributed by atoms with Crippen molar-refractivity contribution >= 4 is 18.7 Å². The third kappa shape index (κ3) is 4.26. The number of aliphatic hydroxyl groups excluding tert-OH is 1. The summed E-state index contributed by atoms with van der Waals surface area (Å²) in [6, 6.07) is 20.7. The highest BCUT2D eigenvalue weighted by atomic mass is 28.4. The first kappa shape index (κ1) is 20.8. The van der Waals surface area contributed by atoms with E-state index >= 15 is 0 Å². The van der Waals surface area contributed by atoms with Gasteiger partial charge in [-0.3, -0.25) is 0 Å². The molecule has 0 bridgehead atoms. The largest absolute Gasteiger partial charge is 0.401 e. The minimum Gasteiger partial charge on any atom is -0.401 e. The second-order valence-corrected chi connectivity index (χ2v) is 12.7. The number of rotatable bonds is 7. The van der Waals surface area contributed by atoms with Crippen LogP contribution in [0.5, 0.6) is 0 Å². The van der Waals surface area contributed by atoms with Crippen LogP contribution < -0.4 is 10.4 Å². The van der Waals surface area contributed by atoms with E-state index in [1.807, 2.05) is 36.4 Å². The van der Waals surface area contributed by atoms with Crippen LogP contribution in [0.15, 0.2) is 60.7 Å². The molecule has 0 aliphatic rings. The van der Waals surface area contributed by atoms with Gasteiger partial charge >= 0.3 is 0 Å². The zero-order valence-electron chi connectivity index (χ0n) is 16.6. The van der Waals surface area contributed by atoms with Gasteiger partial charge in [0.1, 0.15) is 0 Å². The van der Waals surface area contributed by atoms with Crippen LogP contribution in [0.2, 0.25) is 5.04 Å². The highest BCUT2D eigenvalue weighted by Gasteiger charge is 2.52. The maximum absolute atomic E-state index is 10.7. The monoisotopic (exact) mass is 372 g/mol. The number of benzene rings is 2. The fourth-order valence-corrected chi connectivity index (χ4v) is 8.43. The molecule has 4 heteroatoms. The highest BCUT2D eigenvalue weighted by Crippen LogP contribution is 2.39. The van der Waals surface area contributed by atoms with E-state index in [0.717, 1.165) is 0 Å². The third-order valence-electron chi connectivity index (χ3n) is 4.92. The van der Waals surface area contributed by atoms with Crippen LogP contribution in [0, 0.1) is 0 Å². The Labute approximate surface area is 158 Å². The van der Waals surface area contributed by atoms with Gasteiger partial charge in [-0.1, -0.05) is 81.4 Å². The summed E-state index contributed by atoms with van der Waals surface area (Å²) < 4.78 is 6.91. The molecule has 0 spiro atoms. The van der Waals surface area contributed by atoms with Gasteiger partial charge in [0.2, 0.25) is 0 Å². The molecule has 2 aromatic rings. The molecule has 3 nitrogen and oxygen atoms in total. The van der Waals surface area contributed by atoms with E-state index in [-0.39, 0.29) is 11.6 Å². The topological polar surface area (TPSA) is 49.7 Å². The van der Waals surface area contributed by atoms with E-state index in [0.29, 0.717) is 6.42 Å². The van der Waals surface area contributed by atoms with Gasteiger partial charge < -0.3 is 14.6 Å². The van der Waals surface area contributed by atoms with Gasteiger partial charge in [-0.05, 0) is 35.7 Å². The van der Waals surface area contributed by atoms with E-state index in [1.165, 1.54) is 10.4 Å². The Balaban J connectivity index is 2.71. The van der Waals surface area contributed by atoms with Crippen molar-refractivity contribution in [3.05, 3.63) is 60.7 Å². The molecule has 2 rings (SSSR count). The molecule has 0 fully saturated rings. The molecule has 0 saturated carbocycles. The standard InChI is InChI=1S/C22H32O3Si/c1-21(2,3)26(18-12-8-6-9-13-18,19-14-10-7-11-15-19)25-20(16-17-23)22(4,5)24/h6-15,20,23-24H,16-17H2,1-5H3/t20-/m0/s1. The van der Waals surface area contributed by atoms with Crippen LogP contribution in [0.1, 0.15) is 41.0 Å². The number of hydrogen-bond acceptors (Lipinski definition) is 3. The molecule has 0 saturated heterocycles. The molecule has 0 unspecified atom stereocenters. The molecule has 26 heavy (non-hydrogen) atoms. The van der Waals surface area contributed by atoms with Crippen LogP contribution in [0.4, 0.5) is 0 Å². The lowest BCUT2D eigenvalue weighted by Crippen LogP contribution is -2.69. The van der Waals surface area contributed by atoms with E-state index in [2.05, 4.69) is 45.0 Å². The van der Waals surface area contributed by atoms with Gasteiger partial charge in [0.05, 0.1) is 11.7 Å². The van der Waals surface area contributed by atoms with Crippen molar-refractivity contribution in [2.24, 2.45) is 0 Å². The minimum absolute atomic E-state index is 0.0210. The lowest BCUT2D eigenvalue weighted by atomic mass is 10.00. The summed E-state index contributed by atoms with van der Waals surface area (Å²) >= 11 is 0. The predicted molar refractivity (Wildman–Crippen MR) is 110 cm³/mol. The van der Waals surface area contributed by atoms with Crippen LogP contribution in [0.3, 0.4) is 0 Å². The van der Waals surface area contributed by atoms with Crippen molar-refractivity contribution in [1.29, 1.82) is 0 Å². The van der Waals surface area contributed by atoms with Gasteiger partial charge in [0.15, 0.2) is 0 Å². The molecular formula is C22H32O3Si. The summed E-state index contributed by atoms with van der Waals surface area (Å²) in [4.78, 5) is 0. The van der Waals surface area contributed by atoms with Crippen LogP contribution in [-0.2, 0) is 4.43 Å². The Morgan fingerprint density at radius 3 is 1.58 bits per heavy atom. The summed E-state index contributed by atoms with van der Waals surface area (Å²) in [7, 11) is -2.73. The molecule has 0 amide bonds. The molecule has 2 aromatic carbocycles. The number of aliphatic hydroxyl groups is 2. The van der Waals surface area contributed by atoms with Crippen LogP contribution in [0.25, 0.3) is 0 Å². The SMILES string of the molecule is CC(C)(O)[C@H](CCO)O[Si](c1ccccc1)(c1ccccc1)C(C)(C)C. The predicted octanol–water partition coefficient (Wildman–Crippen LogP) is 3.08. The summed E-state index contributed by atoms with van der Waals surface area (Å²) in [5.41, 5.74) is -1.05. The lowest BCUT2D eigenvalue weighted by molar-refractivity contribution is -0.0479. The van der Waals surface area contributed by atoms with Crippen molar-refractivity contribution in [2.45, 2.75) is 57.8 Å². The van der Waals surface area contributed by atoms with Crippen LogP contribution in [-0.4, -0.2) is 36.8 Å². The molecule has 0 aliphatic carbocycles. The third-order valence-corrected chi connectivity index (χ3v) is 9.96. The zero-order valence-corrected chi connectivity index (χ0v) is 17.6. The van der Waals surface area contributed by atoms with Crippen molar-refractivity contribution in [3.63, 3.8) is 0 Å². The summed E-state index contributed by atoms with van der Waals surface area (Å²) in [6.45, 7) is 10.1. The van der Waals surface area contributed by atoms with Crippen molar-refractivity contribution in [3.8, 4) is 0 Å². The molecule has 0 aliphatic heterocycles. The first-order chi connectivity index (χ1) is 12.1. The average Bonchev–Trinajstić information content (AvgIpc) is 2.58. The average molecular weight is 373 g/mol.